The van der Waals surface area contributed by atoms with Gasteiger partial charge in [0.25, 0.3) is 5.91 Å². The van der Waals surface area contributed by atoms with Crippen LogP contribution in [0.3, 0.4) is 0 Å². The average molecular weight is 341 g/mol. The molecule has 0 spiro atoms. The number of rotatable bonds is 5. The molecule has 2 aromatic carbocycles. The minimum atomic E-state index is -1.12. The highest BCUT2D eigenvalue weighted by atomic mass is 19.1. The molecule has 0 bridgehead atoms. The molecule has 1 amide bonds. The monoisotopic (exact) mass is 341 g/mol. The average Bonchev–Trinajstić information content (AvgIpc) is 3.06. The smallest absolute Gasteiger partial charge is 0.251 e. The quantitative estimate of drug-likeness (QED) is 0.745. The standard InChI is InChI=1S/C18H16FN3O3/c1-11-21-22-18(25-11)13-8-6-12(7-9-13)17(24)20-10-16(23)14-4-2-3-5-15(14)19/h2-9,16,23H,10H2,1H3,(H,20,24). The van der Waals surface area contributed by atoms with Crippen molar-refractivity contribution >= 4 is 5.91 Å². The fourth-order valence-corrected chi connectivity index (χ4v) is 2.32. The van der Waals surface area contributed by atoms with Crippen LogP contribution in [0.1, 0.15) is 27.9 Å². The van der Waals surface area contributed by atoms with E-state index in [0.717, 1.165) is 0 Å². The highest BCUT2D eigenvalue weighted by Crippen LogP contribution is 2.19. The van der Waals surface area contributed by atoms with E-state index >= 15 is 0 Å². The Morgan fingerprint density at radius 3 is 2.56 bits per heavy atom. The number of carbonyl (C=O) groups excluding carboxylic acids is 1. The summed E-state index contributed by atoms with van der Waals surface area (Å²) in [6.45, 7) is 1.60. The maximum atomic E-state index is 13.6. The van der Waals surface area contributed by atoms with Crippen molar-refractivity contribution in [3.05, 3.63) is 71.4 Å². The summed E-state index contributed by atoms with van der Waals surface area (Å²) in [5, 5.41) is 20.2. The SMILES string of the molecule is Cc1nnc(-c2ccc(C(=O)NCC(O)c3ccccc3F)cc2)o1. The molecule has 0 saturated carbocycles. The Hall–Kier alpha value is -3.06. The molecule has 0 saturated heterocycles. The fourth-order valence-electron chi connectivity index (χ4n) is 2.32. The van der Waals surface area contributed by atoms with E-state index in [2.05, 4.69) is 15.5 Å². The third kappa shape index (κ3) is 3.89. The number of hydrogen-bond donors (Lipinski definition) is 2. The lowest BCUT2D eigenvalue weighted by Gasteiger charge is -2.13. The summed E-state index contributed by atoms with van der Waals surface area (Å²) in [4.78, 5) is 12.1. The highest BCUT2D eigenvalue weighted by molar-refractivity contribution is 5.94. The van der Waals surface area contributed by atoms with Crippen molar-refractivity contribution in [1.82, 2.24) is 15.5 Å². The maximum absolute atomic E-state index is 13.6. The molecule has 3 aromatic rings. The van der Waals surface area contributed by atoms with Gasteiger partial charge < -0.3 is 14.8 Å². The number of carbonyl (C=O) groups is 1. The van der Waals surface area contributed by atoms with E-state index in [0.29, 0.717) is 22.9 Å². The van der Waals surface area contributed by atoms with Gasteiger partial charge in [0.05, 0.1) is 6.10 Å². The van der Waals surface area contributed by atoms with Crippen molar-refractivity contribution < 1.29 is 18.7 Å². The Labute approximate surface area is 143 Å². The van der Waals surface area contributed by atoms with Gasteiger partial charge in [-0.25, -0.2) is 4.39 Å². The van der Waals surface area contributed by atoms with Gasteiger partial charge in [-0.2, -0.15) is 0 Å². The van der Waals surface area contributed by atoms with Gasteiger partial charge in [-0.1, -0.05) is 18.2 Å². The second-order valence-corrected chi connectivity index (χ2v) is 5.45. The number of aliphatic hydroxyl groups excluding tert-OH is 1. The number of amides is 1. The number of aromatic nitrogens is 2. The molecule has 1 atom stereocenters. The molecular weight excluding hydrogens is 325 g/mol. The molecule has 1 aromatic heterocycles. The summed E-state index contributed by atoms with van der Waals surface area (Å²) in [6.07, 6.45) is -1.12. The van der Waals surface area contributed by atoms with Crippen LogP contribution in [-0.2, 0) is 0 Å². The van der Waals surface area contributed by atoms with E-state index in [4.69, 9.17) is 4.42 Å². The third-order valence-electron chi connectivity index (χ3n) is 3.64. The Kier molecular flexibility index (Phi) is 4.85. The van der Waals surface area contributed by atoms with E-state index in [9.17, 15) is 14.3 Å². The number of nitrogens with one attached hydrogen (secondary N) is 1. The van der Waals surface area contributed by atoms with Gasteiger partial charge >= 0.3 is 0 Å². The van der Waals surface area contributed by atoms with Crippen molar-refractivity contribution in [2.24, 2.45) is 0 Å². The largest absolute Gasteiger partial charge is 0.421 e. The van der Waals surface area contributed by atoms with Crippen LogP contribution in [0.5, 0.6) is 0 Å². The van der Waals surface area contributed by atoms with Crippen molar-refractivity contribution in [3.63, 3.8) is 0 Å². The molecule has 0 aliphatic carbocycles. The van der Waals surface area contributed by atoms with Gasteiger partial charge in [-0.15, -0.1) is 10.2 Å². The second-order valence-electron chi connectivity index (χ2n) is 5.45. The van der Waals surface area contributed by atoms with Crippen LogP contribution in [0.15, 0.2) is 52.9 Å². The third-order valence-corrected chi connectivity index (χ3v) is 3.64. The molecule has 2 N–H and O–H groups in total. The number of halogens is 1. The van der Waals surface area contributed by atoms with Crippen LogP contribution >= 0.6 is 0 Å². The molecule has 3 rings (SSSR count). The van der Waals surface area contributed by atoms with Gasteiger partial charge in [0, 0.05) is 30.2 Å². The molecule has 0 aliphatic rings. The van der Waals surface area contributed by atoms with Gasteiger partial charge in [-0.3, -0.25) is 4.79 Å². The predicted octanol–water partition coefficient (Wildman–Crippen LogP) is 2.65. The number of aliphatic hydroxyl groups is 1. The first kappa shape index (κ1) is 16.8. The zero-order valence-electron chi connectivity index (χ0n) is 13.4. The summed E-state index contributed by atoms with van der Waals surface area (Å²) < 4.78 is 18.9. The first-order chi connectivity index (χ1) is 12.0. The van der Waals surface area contributed by atoms with Crippen molar-refractivity contribution in [3.8, 4) is 11.5 Å². The number of hydrogen-bond acceptors (Lipinski definition) is 5. The van der Waals surface area contributed by atoms with Gasteiger partial charge in [0.2, 0.25) is 11.8 Å². The topological polar surface area (TPSA) is 88.2 Å². The Balaban J connectivity index is 1.62. The molecule has 0 fully saturated rings. The lowest BCUT2D eigenvalue weighted by atomic mass is 10.1. The second kappa shape index (κ2) is 7.23. The molecule has 25 heavy (non-hydrogen) atoms. The molecule has 6 nitrogen and oxygen atoms in total. The van der Waals surface area contributed by atoms with Crippen LogP contribution in [-0.4, -0.2) is 27.8 Å². The number of nitrogens with zero attached hydrogens (tertiary/aromatic N) is 2. The minimum absolute atomic E-state index is 0.0929. The first-order valence-electron chi connectivity index (χ1n) is 7.66. The minimum Gasteiger partial charge on any atom is -0.421 e. The van der Waals surface area contributed by atoms with Crippen LogP contribution < -0.4 is 5.32 Å². The Bertz CT molecular complexity index is 877. The van der Waals surface area contributed by atoms with Crippen molar-refractivity contribution in [1.29, 1.82) is 0 Å². The molecule has 1 heterocycles. The van der Waals surface area contributed by atoms with E-state index in [1.54, 1.807) is 37.3 Å². The lowest BCUT2D eigenvalue weighted by molar-refractivity contribution is 0.0914. The van der Waals surface area contributed by atoms with E-state index in [-0.39, 0.29) is 18.0 Å². The zero-order chi connectivity index (χ0) is 17.8. The number of benzene rings is 2. The summed E-state index contributed by atoms with van der Waals surface area (Å²) >= 11 is 0. The summed E-state index contributed by atoms with van der Waals surface area (Å²) in [7, 11) is 0. The predicted molar refractivity (Wildman–Crippen MR) is 88.2 cm³/mol. The normalized spacial score (nSPS) is 12.0. The van der Waals surface area contributed by atoms with Crippen molar-refractivity contribution in [2.45, 2.75) is 13.0 Å². The van der Waals surface area contributed by atoms with Crippen LogP contribution in [0.25, 0.3) is 11.5 Å². The van der Waals surface area contributed by atoms with Crippen LogP contribution in [0, 0.1) is 12.7 Å². The van der Waals surface area contributed by atoms with Gasteiger partial charge in [-0.05, 0) is 30.3 Å². The molecule has 128 valence electrons. The van der Waals surface area contributed by atoms with E-state index < -0.39 is 11.9 Å². The fraction of sp³-hybridized carbons (Fsp3) is 0.167. The van der Waals surface area contributed by atoms with Crippen molar-refractivity contribution in [2.75, 3.05) is 6.54 Å². The summed E-state index contributed by atoms with van der Waals surface area (Å²) in [6, 6.07) is 12.5. The molecular formula is C18H16FN3O3. The number of aryl methyl sites for hydroxylation is 1. The molecule has 0 radical (unpaired) electrons. The Morgan fingerprint density at radius 1 is 1.20 bits per heavy atom. The molecule has 1 unspecified atom stereocenters. The van der Waals surface area contributed by atoms with Gasteiger partial charge in [0.15, 0.2) is 0 Å². The van der Waals surface area contributed by atoms with E-state index in [1.165, 1.54) is 18.2 Å². The lowest BCUT2D eigenvalue weighted by Crippen LogP contribution is -2.28. The molecule has 7 heteroatoms. The van der Waals surface area contributed by atoms with Crippen LogP contribution in [0.4, 0.5) is 4.39 Å². The zero-order valence-corrected chi connectivity index (χ0v) is 13.4. The summed E-state index contributed by atoms with van der Waals surface area (Å²) in [5.74, 6) is -0.0505. The first-order valence-corrected chi connectivity index (χ1v) is 7.66. The maximum Gasteiger partial charge on any atom is 0.251 e. The Morgan fingerprint density at radius 2 is 1.92 bits per heavy atom. The van der Waals surface area contributed by atoms with Gasteiger partial charge in [0.1, 0.15) is 5.82 Å². The highest BCUT2D eigenvalue weighted by Gasteiger charge is 2.14. The van der Waals surface area contributed by atoms with E-state index in [1.807, 2.05) is 0 Å². The van der Waals surface area contributed by atoms with Crippen LogP contribution in [0.2, 0.25) is 0 Å². The molecule has 0 aliphatic heterocycles. The summed E-state index contributed by atoms with van der Waals surface area (Å²) in [5.41, 5.74) is 1.24.